The summed E-state index contributed by atoms with van der Waals surface area (Å²) in [4.78, 5) is 14.6. The quantitative estimate of drug-likeness (QED) is 0.908. The Kier molecular flexibility index (Phi) is 4.08. The maximum Gasteiger partial charge on any atom is 0.256 e. The largest absolute Gasteiger partial charge is 0.385 e. The van der Waals surface area contributed by atoms with E-state index in [2.05, 4.69) is 19.2 Å². The van der Waals surface area contributed by atoms with Crippen LogP contribution in [0.15, 0.2) is 18.2 Å². The normalized spacial score (nSPS) is 22.6. The molecule has 19 heavy (non-hydrogen) atoms. The van der Waals surface area contributed by atoms with Crippen LogP contribution in [0.3, 0.4) is 0 Å². The lowest BCUT2D eigenvalue weighted by molar-refractivity contribution is 0.0677. The predicted molar refractivity (Wildman–Crippen MR) is 74.9 cm³/mol. The summed E-state index contributed by atoms with van der Waals surface area (Å²) in [6.07, 6.45) is 3.00. The van der Waals surface area contributed by atoms with Crippen LogP contribution in [0.2, 0.25) is 0 Å². The molecule has 1 aromatic carbocycles. The van der Waals surface area contributed by atoms with Crippen LogP contribution in [-0.4, -0.2) is 29.9 Å². The van der Waals surface area contributed by atoms with Crippen LogP contribution in [0.4, 0.5) is 10.1 Å². The number of rotatable bonds is 3. The summed E-state index contributed by atoms with van der Waals surface area (Å²) in [5.74, 6) is -0.450. The molecule has 104 valence electrons. The Morgan fingerprint density at radius 1 is 1.47 bits per heavy atom. The van der Waals surface area contributed by atoms with Crippen molar-refractivity contribution in [2.24, 2.45) is 0 Å². The molecular formula is C15H21FN2O. The smallest absolute Gasteiger partial charge is 0.256 e. The number of amides is 1. The number of hydrogen-bond donors (Lipinski definition) is 1. The first-order chi connectivity index (χ1) is 9.10. The van der Waals surface area contributed by atoms with Gasteiger partial charge >= 0.3 is 0 Å². The zero-order chi connectivity index (χ0) is 14.0. The summed E-state index contributed by atoms with van der Waals surface area (Å²) < 4.78 is 13.7. The van der Waals surface area contributed by atoms with E-state index in [0.29, 0.717) is 11.3 Å². The van der Waals surface area contributed by atoms with Crippen molar-refractivity contribution in [3.05, 3.63) is 29.6 Å². The number of carbonyl (C=O) groups is 1. The van der Waals surface area contributed by atoms with Crippen molar-refractivity contribution < 1.29 is 9.18 Å². The molecule has 1 heterocycles. The van der Waals surface area contributed by atoms with Crippen LogP contribution in [0.1, 0.15) is 43.5 Å². The first kappa shape index (κ1) is 13.8. The van der Waals surface area contributed by atoms with Gasteiger partial charge in [-0.25, -0.2) is 4.39 Å². The Bertz CT molecular complexity index is 475. The molecule has 2 rings (SSSR count). The molecule has 0 radical (unpaired) electrons. The predicted octanol–water partition coefficient (Wildman–Crippen LogP) is 3.27. The van der Waals surface area contributed by atoms with Crippen molar-refractivity contribution in [3.8, 4) is 0 Å². The van der Waals surface area contributed by atoms with Crippen molar-refractivity contribution in [1.82, 2.24) is 4.90 Å². The third kappa shape index (κ3) is 2.44. The van der Waals surface area contributed by atoms with E-state index in [4.69, 9.17) is 0 Å². The molecule has 0 spiro atoms. The zero-order valence-electron chi connectivity index (χ0n) is 11.7. The summed E-state index contributed by atoms with van der Waals surface area (Å²) in [6, 6.07) is 5.15. The van der Waals surface area contributed by atoms with Gasteiger partial charge in [-0.05, 0) is 38.3 Å². The first-order valence-corrected chi connectivity index (χ1v) is 6.89. The topological polar surface area (TPSA) is 32.3 Å². The van der Waals surface area contributed by atoms with E-state index < -0.39 is 0 Å². The molecule has 0 bridgehead atoms. The van der Waals surface area contributed by atoms with E-state index in [1.165, 1.54) is 6.07 Å². The maximum absolute atomic E-state index is 13.7. The minimum absolute atomic E-state index is 0.0688. The van der Waals surface area contributed by atoms with Gasteiger partial charge < -0.3 is 10.2 Å². The summed E-state index contributed by atoms with van der Waals surface area (Å²) in [5.41, 5.74) is 0.719. The van der Waals surface area contributed by atoms with Crippen LogP contribution in [0, 0.1) is 5.82 Å². The fourth-order valence-corrected chi connectivity index (χ4v) is 2.93. The van der Waals surface area contributed by atoms with Gasteiger partial charge in [0.25, 0.3) is 5.91 Å². The highest BCUT2D eigenvalue weighted by atomic mass is 19.1. The zero-order valence-corrected chi connectivity index (χ0v) is 11.7. The molecule has 1 saturated heterocycles. The van der Waals surface area contributed by atoms with E-state index in [1.807, 2.05) is 4.90 Å². The Morgan fingerprint density at radius 2 is 2.21 bits per heavy atom. The van der Waals surface area contributed by atoms with Crippen molar-refractivity contribution >= 4 is 11.6 Å². The molecule has 0 aliphatic carbocycles. The van der Waals surface area contributed by atoms with E-state index in [0.717, 1.165) is 19.3 Å². The molecule has 4 heteroatoms. The van der Waals surface area contributed by atoms with Gasteiger partial charge in [0.2, 0.25) is 0 Å². The molecule has 1 aromatic rings. The molecular weight excluding hydrogens is 243 g/mol. The molecule has 2 unspecified atom stereocenters. The molecule has 3 nitrogen and oxygen atoms in total. The molecule has 0 aromatic heterocycles. The Morgan fingerprint density at radius 3 is 2.84 bits per heavy atom. The van der Waals surface area contributed by atoms with Gasteiger partial charge in [-0.1, -0.05) is 13.0 Å². The summed E-state index contributed by atoms with van der Waals surface area (Å²) >= 11 is 0. The highest BCUT2D eigenvalue weighted by molar-refractivity contribution is 6.00. The molecule has 2 atom stereocenters. The lowest BCUT2D eigenvalue weighted by Crippen LogP contribution is -2.40. The number of halogens is 1. The Balaban J connectivity index is 2.36. The molecule has 0 saturated carbocycles. The lowest BCUT2D eigenvalue weighted by Gasteiger charge is -2.28. The van der Waals surface area contributed by atoms with Gasteiger partial charge in [-0.3, -0.25) is 4.79 Å². The summed E-state index contributed by atoms with van der Waals surface area (Å²) in [6.45, 7) is 4.15. The average molecular weight is 264 g/mol. The number of benzene rings is 1. The number of nitrogens with zero attached hydrogens (tertiary/aromatic N) is 1. The molecule has 1 amide bonds. The summed E-state index contributed by atoms with van der Waals surface area (Å²) in [7, 11) is 1.64. The van der Waals surface area contributed by atoms with Crippen LogP contribution < -0.4 is 5.32 Å². The van der Waals surface area contributed by atoms with Gasteiger partial charge in [0.05, 0.1) is 11.3 Å². The van der Waals surface area contributed by atoms with E-state index in [-0.39, 0.29) is 23.8 Å². The van der Waals surface area contributed by atoms with Gasteiger partial charge in [0.15, 0.2) is 0 Å². The van der Waals surface area contributed by atoms with Gasteiger partial charge in [0, 0.05) is 19.1 Å². The molecule has 1 aliphatic rings. The Hall–Kier alpha value is -1.58. The summed E-state index contributed by atoms with van der Waals surface area (Å²) in [5, 5.41) is 2.79. The van der Waals surface area contributed by atoms with Crippen molar-refractivity contribution in [1.29, 1.82) is 0 Å². The number of carbonyl (C=O) groups excluding carboxylic acids is 1. The third-order valence-corrected chi connectivity index (χ3v) is 3.99. The van der Waals surface area contributed by atoms with Crippen molar-refractivity contribution in [2.75, 3.05) is 12.4 Å². The second kappa shape index (κ2) is 5.59. The fraction of sp³-hybridized carbons (Fsp3) is 0.533. The Labute approximate surface area is 113 Å². The van der Waals surface area contributed by atoms with Crippen LogP contribution >= 0.6 is 0 Å². The average Bonchev–Trinajstić information content (AvgIpc) is 2.78. The van der Waals surface area contributed by atoms with E-state index >= 15 is 0 Å². The second-order valence-corrected chi connectivity index (χ2v) is 5.11. The van der Waals surface area contributed by atoms with Gasteiger partial charge in [0.1, 0.15) is 5.82 Å². The third-order valence-electron chi connectivity index (χ3n) is 3.99. The van der Waals surface area contributed by atoms with E-state index in [1.54, 1.807) is 19.2 Å². The minimum atomic E-state index is -0.381. The molecule has 1 aliphatic heterocycles. The minimum Gasteiger partial charge on any atom is -0.385 e. The maximum atomic E-state index is 13.7. The SMILES string of the molecule is CCC1CCC(C)N1C(=O)c1cccc(F)c1NC. The highest BCUT2D eigenvalue weighted by Gasteiger charge is 2.34. The van der Waals surface area contributed by atoms with Crippen LogP contribution in [0.5, 0.6) is 0 Å². The number of anilines is 1. The molecule has 1 fully saturated rings. The van der Waals surface area contributed by atoms with Gasteiger partial charge in [-0.2, -0.15) is 0 Å². The first-order valence-electron chi connectivity index (χ1n) is 6.89. The monoisotopic (exact) mass is 264 g/mol. The number of likely N-dealkylation sites (tertiary alicyclic amines) is 1. The lowest BCUT2D eigenvalue weighted by atomic mass is 10.1. The standard InChI is InChI=1S/C15H21FN2O/c1-4-11-9-8-10(2)18(11)15(19)12-6-5-7-13(16)14(12)17-3/h5-7,10-11,17H,4,8-9H2,1-3H3. The van der Waals surface area contributed by atoms with Crippen molar-refractivity contribution in [3.63, 3.8) is 0 Å². The fourth-order valence-electron chi connectivity index (χ4n) is 2.93. The number of nitrogens with one attached hydrogen (secondary N) is 1. The number of hydrogen-bond acceptors (Lipinski definition) is 2. The highest BCUT2D eigenvalue weighted by Crippen LogP contribution is 2.30. The number of para-hydroxylation sites is 1. The van der Waals surface area contributed by atoms with Gasteiger partial charge in [-0.15, -0.1) is 0 Å². The van der Waals surface area contributed by atoms with Crippen molar-refractivity contribution in [2.45, 2.75) is 45.2 Å². The van der Waals surface area contributed by atoms with Crippen LogP contribution in [0.25, 0.3) is 0 Å². The second-order valence-electron chi connectivity index (χ2n) is 5.11. The molecule has 1 N–H and O–H groups in total. The van der Waals surface area contributed by atoms with E-state index in [9.17, 15) is 9.18 Å². The van der Waals surface area contributed by atoms with Crippen LogP contribution in [-0.2, 0) is 0 Å².